The second-order valence-corrected chi connectivity index (χ2v) is 6.28. The van der Waals surface area contributed by atoms with E-state index in [1.165, 1.54) is 6.33 Å². The molecule has 0 saturated carbocycles. The van der Waals surface area contributed by atoms with Gasteiger partial charge in [0, 0.05) is 42.3 Å². The molecule has 2 heterocycles. The Balaban J connectivity index is 1.66. The molecule has 0 radical (unpaired) electrons. The lowest BCUT2D eigenvalue weighted by Crippen LogP contribution is -2.31. The van der Waals surface area contributed by atoms with Crippen LogP contribution in [0, 0.1) is 5.92 Å². The molecule has 6 heteroatoms. The van der Waals surface area contributed by atoms with E-state index in [2.05, 4.69) is 20.9 Å². The van der Waals surface area contributed by atoms with Crippen LogP contribution in [0.1, 0.15) is 11.3 Å². The summed E-state index contributed by atoms with van der Waals surface area (Å²) in [7, 11) is 0. The summed E-state index contributed by atoms with van der Waals surface area (Å²) in [5.41, 5.74) is 1.82. The minimum atomic E-state index is -0.113. The zero-order valence-corrected chi connectivity index (χ0v) is 13.6. The molecule has 1 unspecified atom stereocenters. The lowest BCUT2D eigenvalue weighted by Gasteiger charge is -2.23. The van der Waals surface area contributed by atoms with Crippen molar-refractivity contribution in [2.75, 3.05) is 26.3 Å². The van der Waals surface area contributed by atoms with Crippen LogP contribution >= 0.6 is 11.6 Å². The molecule has 1 atom stereocenters. The van der Waals surface area contributed by atoms with E-state index in [9.17, 15) is 4.79 Å². The van der Waals surface area contributed by atoms with Gasteiger partial charge in [-0.25, -0.2) is 4.98 Å². The number of H-pyrrole nitrogens is 1. The summed E-state index contributed by atoms with van der Waals surface area (Å²) in [5.74, 6) is 0.314. The first kappa shape index (κ1) is 16.2. The van der Waals surface area contributed by atoms with Crippen LogP contribution in [0.25, 0.3) is 0 Å². The normalized spacial score (nSPS) is 19.4. The number of nitrogens with zero attached hydrogens (tertiary/aromatic N) is 2. The second-order valence-electron chi connectivity index (χ2n) is 5.87. The van der Waals surface area contributed by atoms with Gasteiger partial charge in [-0.2, -0.15) is 0 Å². The summed E-state index contributed by atoms with van der Waals surface area (Å²) in [6.45, 7) is 3.99. The summed E-state index contributed by atoms with van der Waals surface area (Å²) in [6.07, 6.45) is 2.19. The summed E-state index contributed by atoms with van der Waals surface area (Å²) in [4.78, 5) is 20.5. The van der Waals surface area contributed by atoms with E-state index < -0.39 is 0 Å². The van der Waals surface area contributed by atoms with E-state index in [0.29, 0.717) is 19.1 Å². The highest BCUT2D eigenvalue weighted by Crippen LogP contribution is 2.19. The average Bonchev–Trinajstić information content (AvgIpc) is 2.75. The third kappa shape index (κ3) is 4.64. The maximum atomic E-state index is 11.4. The molecule has 3 rings (SSSR count). The minimum Gasteiger partial charge on any atom is -0.380 e. The van der Waals surface area contributed by atoms with Crippen molar-refractivity contribution in [3.63, 3.8) is 0 Å². The van der Waals surface area contributed by atoms with Gasteiger partial charge in [0.1, 0.15) is 0 Å². The summed E-state index contributed by atoms with van der Waals surface area (Å²) in [6, 6.07) is 9.49. The molecule has 1 saturated heterocycles. The third-order valence-electron chi connectivity index (χ3n) is 4.01. The van der Waals surface area contributed by atoms with Crippen LogP contribution in [0.4, 0.5) is 0 Å². The highest BCUT2D eigenvalue weighted by atomic mass is 35.5. The fraction of sp³-hybridized carbons (Fsp3) is 0.412. The molecule has 2 aromatic rings. The van der Waals surface area contributed by atoms with Crippen LogP contribution in [0.2, 0.25) is 5.02 Å². The number of ether oxygens (including phenoxy) is 1. The second kappa shape index (κ2) is 7.73. The van der Waals surface area contributed by atoms with E-state index in [1.807, 2.05) is 18.2 Å². The maximum Gasteiger partial charge on any atom is 0.250 e. The largest absolute Gasteiger partial charge is 0.380 e. The number of hydrogen-bond donors (Lipinski definition) is 1. The van der Waals surface area contributed by atoms with Crippen LogP contribution < -0.4 is 5.56 Å². The smallest absolute Gasteiger partial charge is 0.250 e. The molecule has 1 N–H and O–H groups in total. The molecule has 5 nitrogen and oxygen atoms in total. The Bertz CT molecular complexity index is 704. The van der Waals surface area contributed by atoms with Crippen molar-refractivity contribution in [1.82, 2.24) is 14.9 Å². The first-order chi connectivity index (χ1) is 11.2. The van der Waals surface area contributed by atoms with Crippen molar-refractivity contribution in [1.29, 1.82) is 0 Å². The molecule has 1 aliphatic heterocycles. The molecule has 0 aliphatic carbocycles. The fourth-order valence-corrected chi connectivity index (χ4v) is 3.10. The van der Waals surface area contributed by atoms with Gasteiger partial charge >= 0.3 is 0 Å². The Morgan fingerprint density at radius 2 is 2.26 bits per heavy atom. The lowest BCUT2D eigenvalue weighted by atomic mass is 10.0. The van der Waals surface area contributed by atoms with Gasteiger partial charge in [-0.15, -0.1) is 0 Å². The number of hydrogen-bond acceptors (Lipinski definition) is 4. The predicted octanol–water partition coefficient (Wildman–Crippen LogP) is 2.11. The monoisotopic (exact) mass is 333 g/mol. The van der Waals surface area contributed by atoms with Crippen LogP contribution in [0.15, 0.2) is 41.5 Å². The van der Waals surface area contributed by atoms with Crippen molar-refractivity contribution in [2.24, 2.45) is 5.92 Å². The Labute approximate surface area is 140 Å². The van der Waals surface area contributed by atoms with Crippen LogP contribution in [0.5, 0.6) is 0 Å². The standard InChI is InChI=1S/C17H20ClN3O2/c18-16-4-2-1-3-14(16)10-21-5-6-23-11-13(9-21)7-15-8-17(22)20-12-19-15/h1-4,8,12-13H,5-7,9-11H2,(H,19,20,22). The number of rotatable bonds is 4. The number of aromatic amines is 1. The Hall–Kier alpha value is -1.69. The van der Waals surface area contributed by atoms with Crippen molar-refractivity contribution < 1.29 is 4.74 Å². The molecule has 1 aromatic heterocycles. The first-order valence-corrected chi connectivity index (χ1v) is 8.15. The van der Waals surface area contributed by atoms with Crippen molar-refractivity contribution >= 4 is 11.6 Å². The molecule has 1 aromatic carbocycles. The van der Waals surface area contributed by atoms with Crippen LogP contribution in [-0.2, 0) is 17.7 Å². The highest BCUT2D eigenvalue weighted by Gasteiger charge is 2.20. The van der Waals surface area contributed by atoms with Gasteiger partial charge in [0.05, 0.1) is 19.5 Å². The van der Waals surface area contributed by atoms with E-state index in [1.54, 1.807) is 6.07 Å². The number of nitrogens with one attached hydrogen (secondary N) is 1. The van der Waals surface area contributed by atoms with Gasteiger partial charge in [0.15, 0.2) is 0 Å². The van der Waals surface area contributed by atoms with Gasteiger partial charge in [-0.05, 0) is 18.1 Å². The molecule has 23 heavy (non-hydrogen) atoms. The SMILES string of the molecule is O=c1cc(CC2COCCN(Cc3ccccc3Cl)C2)nc[nH]1. The quantitative estimate of drug-likeness (QED) is 0.931. The molecule has 0 spiro atoms. The van der Waals surface area contributed by atoms with Gasteiger partial charge in [-0.1, -0.05) is 29.8 Å². The van der Waals surface area contributed by atoms with E-state index in [-0.39, 0.29) is 5.56 Å². The number of benzene rings is 1. The van der Waals surface area contributed by atoms with Crippen molar-refractivity contribution in [2.45, 2.75) is 13.0 Å². The van der Waals surface area contributed by atoms with Crippen LogP contribution in [-0.4, -0.2) is 41.2 Å². The average molecular weight is 334 g/mol. The van der Waals surface area contributed by atoms with Crippen LogP contribution in [0.3, 0.4) is 0 Å². The fourth-order valence-electron chi connectivity index (χ4n) is 2.90. The maximum absolute atomic E-state index is 11.4. The summed E-state index contributed by atoms with van der Waals surface area (Å²) >= 11 is 6.26. The Kier molecular flexibility index (Phi) is 5.43. The summed E-state index contributed by atoms with van der Waals surface area (Å²) in [5, 5.41) is 0.797. The van der Waals surface area contributed by atoms with Gasteiger partial charge in [-0.3, -0.25) is 9.69 Å². The van der Waals surface area contributed by atoms with E-state index in [0.717, 1.165) is 42.3 Å². The van der Waals surface area contributed by atoms with Gasteiger partial charge < -0.3 is 9.72 Å². The molecule has 0 amide bonds. The molecular formula is C17H20ClN3O2. The molecule has 0 bridgehead atoms. The van der Waals surface area contributed by atoms with Gasteiger partial charge in [0.25, 0.3) is 5.56 Å². The van der Waals surface area contributed by atoms with E-state index in [4.69, 9.17) is 16.3 Å². The number of aromatic nitrogens is 2. The Morgan fingerprint density at radius 1 is 1.39 bits per heavy atom. The third-order valence-corrected chi connectivity index (χ3v) is 4.38. The van der Waals surface area contributed by atoms with Crippen molar-refractivity contribution in [3.8, 4) is 0 Å². The molecular weight excluding hydrogens is 314 g/mol. The van der Waals surface area contributed by atoms with Gasteiger partial charge in [0.2, 0.25) is 0 Å². The first-order valence-electron chi connectivity index (χ1n) is 7.78. The van der Waals surface area contributed by atoms with Crippen molar-refractivity contribution in [3.05, 3.63) is 63.3 Å². The zero-order valence-electron chi connectivity index (χ0n) is 12.9. The number of halogens is 1. The minimum absolute atomic E-state index is 0.113. The summed E-state index contributed by atoms with van der Waals surface area (Å²) < 4.78 is 5.72. The predicted molar refractivity (Wildman–Crippen MR) is 89.6 cm³/mol. The molecule has 122 valence electrons. The lowest BCUT2D eigenvalue weighted by molar-refractivity contribution is 0.121. The zero-order chi connectivity index (χ0) is 16.1. The Morgan fingerprint density at radius 3 is 3.09 bits per heavy atom. The topological polar surface area (TPSA) is 58.2 Å². The molecule has 1 aliphatic rings. The highest BCUT2D eigenvalue weighted by molar-refractivity contribution is 6.31. The van der Waals surface area contributed by atoms with E-state index >= 15 is 0 Å². The molecule has 1 fully saturated rings.